The van der Waals surface area contributed by atoms with Crippen LogP contribution in [-0.2, 0) is 4.79 Å². The smallest absolute Gasteiger partial charge is 0.185 e. The first-order valence-electron chi connectivity index (χ1n) is 7.01. The summed E-state index contributed by atoms with van der Waals surface area (Å²) in [5, 5.41) is 0.0437. The van der Waals surface area contributed by atoms with Gasteiger partial charge in [-0.15, -0.1) is 12.6 Å². The molecule has 1 saturated carbocycles. The van der Waals surface area contributed by atoms with Crippen LogP contribution in [0, 0.1) is 5.92 Å². The Morgan fingerprint density at radius 3 is 2.25 bits per heavy atom. The van der Waals surface area contributed by atoms with Gasteiger partial charge < -0.3 is 0 Å². The third-order valence-electron chi connectivity index (χ3n) is 3.73. The molecule has 1 aliphatic carbocycles. The van der Waals surface area contributed by atoms with Crippen LogP contribution in [0.4, 0.5) is 0 Å². The van der Waals surface area contributed by atoms with Gasteiger partial charge in [0.05, 0.1) is 0 Å². The Morgan fingerprint density at radius 2 is 1.56 bits per heavy atom. The first kappa shape index (κ1) is 14.1. The highest BCUT2D eigenvalue weighted by Crippen LogP contribution is 2.28. The fourth-order valence-corrected chi connectivity index (χ4v) is 2.87. The third kappa shape index (κ3) is 7.32. The van der Waals surface area contributed by atoms with E-state index in [9.17, 15) is 4.79 Å². The van der Waals surface area contributed by atoms with Crippen LogP contribution in [-0.4, -0.2) is 5.12 Å². The molecule has 1 aliphatic rings. The van der Waals surface area contributed by atoms with Gasteiger partial charge in [0.25, 0.3) is 0 Å². The summed E-state index contributed by atoms with van der Waals surface area (Å²) in [5.41, 5.74) is 0. The van der Waals surface area contributed by atoms with Gasteiger partial charge in [0.1, 0.15) is 0 Å². The average molecular weight is 242 g/mol. The molecular weight excluding hydrogens is 216 g/mol. The van der Waals surface area contributed by atoms with Gasteiger partial charge in [0.2, 0.25) is 0 Å². The SMILES string of the molecule is O=C(S)CCCCCCCC1CCCCC1. The second-order valence-corrected chi connectivity index (χ2v) is 5.70. The van der Waals surface area contributed by atoms with Crippen LogP contribution in [0.1, 0.15) is 77.0 Å². The Labute approximate surface area is 106 Å². The molecule has 1 fully saturated rings. The molecule has 1 rings (SSSR count). The summed E-state index contributed by atoms with van der Waals surface area (Å²) in [6.45, 7) is 0. The summed E-state index contributed by atoms with van der Waals surface area (Å²) in [6, 6.07) is 0. The first-order chi connectivity index (χ1) is 7.79. The summed E-state index contributed by atoms with van der Waals surface area (Å²) >= 11 is 3.77. The summed E-state index contributed by atoms with van der Waals surface area (Å²) in [4.78, 5) is 10.6. The molecule has 0 amide bonds. The number of thiol groups is 1. The lowest BCUT2D eigenvalue weighted by Gasteiger charge is -2.21. The maximum absolute atomic E-state index is 10.6. The second kappa shape index (κ2) is 9.09. The predicted molar refractivity (Wildman–Crippen MR) is 72.9 cm³/mol. The van der Waals surface area contributed by atoms with E-state index >= 15 is 0 Å². The molecule has 0 bridgehead atoms. The zero-order valence-corrected chi connectivity index (χ0v) is 11.3. The van der Waals surface area contributed by atoms with E-state index in [4.69, 9.17) is 0 Å². The van der Waals surface area contributed by atoms with Crippen LogP contribution in [0.15, 0.2) is 0 Å². The maximum Gasteiger partial charge on any atom is 0.185 e. The summed E-state index contributed by atoms with van der Waals surface area (Å²) < 4.78 is 0. The van der Waals surface area contributed by atoms with Gasteiger partial charge in [-0.3, -0.25) is 4.79 Å². The summed E-state index contributed by atoms with van der Waals surface area (Å²) in [7, 11) is 0. The van der Waals surface area contributed by atoms with Crippen molar-refractivity contribution < 1.29 is 4.79 Å². The fourth-order valence-electron chi connectivity index (χ4n) is 2.72. The Bertz CT molecular complexity index is 185. The average Bonchev–Trinajstić information content (AvgIpc) is 2.29. The van der Waals surface area contributed by atoms with Crippen LogP contribution in [0.2, 0.25) is 0 Å². The molecule has 0 unspecified atom stereocenters. The van der Waals surface area contributed by atoms with Gasteiger partial charge in [-0.2, -0.15) is 0 Å². The quantitative estimate of drug-likeness (QED) is 0.480. The van der Waals surface area contributed by atoms with E-state index < -0.39 is 0 Å². The molecule has 0 aromatic rings. The summed E-state index contributed by atoms with van der Waals surface area (Å²) in [5.74, 6) is 1.03. The number of hydrogen-bond donors (Lipinski definition) is 1. The number of hydrogen-bond acceptors (Lipinski definition) is 1. The number of unbranched alkanes of at least 4 members (excludes halogenated alkanes) is 4. The van der Waals surface area contributed by atoms with E-state index in [1.807, 2.05) is 0 Å². The van der Waals surface area contributed by atoms with Crippen LogP contribution in [0.5, 0.6) is 0 Å². The van der Waals surface area contributed by atoms with E-state index in [0.29, 0.717) is 6.42 Å². The van der Waals surface area contributed by atoms with E-state index in [2.05, 4.69) is 12.6 Å². The van der Waals surface area contributed by atoms with Crippen LogP contribution in [0.3, 0.4) is 0 Å². The lowest BCUT2D eigenvalue weighted by atomic mass is 9.85. The molecule has 0 aromatic carbocycles. The second-order valence-electron chi connectivity index (χ2n) is 5.20. The lowest BCUT2D eigenvalue weighted by molar-refractivity contribution is -0.110. The van der Waals surface area contributed by atoms with Gasteiger partial charge in [0, 0.05) is 6.42 Å². The molecule has 0 spiro atoms. The zero-order valence-electron chi connectivity index (χ0n) is 10.4. The molecule has 0 aliphatic heterocycles. The minimum absolute atomic E-state index is 0.0437. The maximum atomic E-state index is 10.6. The number of carbonyl (C=O) groups excluding carboxylic acids is 1. The Balaban J connectivity index is 1.82. The van der Waals surface area contributed by atoms with Gasteiger partial charge in [-0.1, -0.05) is 64.2 Å². The monoisotopic (exact) mass is 242 g/mol. The molecule has 16 heavy (non-hydrogen) atoms. The topological polar surface area (TPSA) is 17.1 Å². The number of rotatable bonds is 8. The third-order valence-corrected chi connectivity index (χ3v) is 3.95. The molecule has 0 saturated heterocycles. The minimum Gasteiger partial charge on any atom is -0.288 e. The van der Waals surface area contributed by atoms with Crippen molar-refractivity contribution in [3.63, 3.8) is 0 Å². The van der Waals surface area contributed by atoms with Crippen molar-refractivity contribution >= 4 is 17.7 Å². The highest BCUT2D eigenvalue weighted by molar-refractivity contribution is 7.96. The van der Waals surface area contributed by atoms with Crippen molar-refractivity contribution in [3.05, 3.63) is 0 Å². The first-order valence-corrected chi connectivity index (χ1v) is 7.45. The Kier molecular flexibility index (Phi) is 8.00. The molecular formula is C14H26OS. The lowest BCUT2D eigenvalue weighted by Crippen LogP contribution is -2.05. The number of carbonyl (C=O) groups is 1. The molecule has 0 radical (unpaired) electrons. The highest BCUT2D eigenvalue weighted by atomic mass is 32.1. The predicted octanol–water partition coefficient (Wildman–Crippen LogP) is 4.75. The van der Waals surface area contributed by atoms with E-state index in [1.54, 1.807) is 0 Å². The molecule has 2 heteroatoms. The van der Waals surface area contributed by atoms with Crippen molar-refractivity contribution in [1.29, 1.82) is 0 Å². The van der Waals surface area contributed by atoms with Crippen molar-refractivity contribution in [2.24, 2.45) is 5.92 Å². The molecule has 94 valence electrons. The molecule has 0 heterocycles. The Hall–Kier alpha value is 0.0200. The van der Waals surface area contributed by atoms with Crippen molar-refractivity contribution in [2.45, 2.75) is 77.0 Å². The minimum atomic E-state index is 0.0437. The van der Waals surface area contributed by atoms with Crippen molar-refractivity contribution in [3.8, 4) is 0 Å². The summed E-state index contributed by atoms with van der Waals surface area (Å²) in [6.07, 6.45) is 15.8. The largest absolute Gasteiger partial charge is 0.288 e. The van der Waals surface area contributed by atoms with E-state index in [-0.39, 0.29) is 5.12 Å². The highest BCUT2D eigenvalue weighted by Gasteiger charge is 2.12. The van der Waals surface area contributed by atoms with Crippen LogP contribution < -0.4 is 0 Å². The van der Waals surface area contributed by atoms with E-state index in [1.165, 1.54) is 64.2 Å². The van der Waals surface area contributed by atoms with Crippen molar-refractivity contribution in [2.75, 3.05) is 0 Å². The van der Waals surface area contributed by atoms with Gasteiger partial charge in [0.15, 0.2) is 5.12 Å². The zero-order chi connectivity index (χ0) is 11.6. The van der Waals surface area contributed by atoms with Crippen LogP contribution >= 0.6 is 12.6 Å². The van der Waals surface area contributed by atoms with Gasteiger partial charge in [-0.25, -0.2) is 0 Å². The Morgan fingerprint density at radius 1 is 0.938 bits per heavy atom. The van der Waals surface area contributed by atoms with Crippen LogP contribution in [0.25, 0.3) is 0 Å². The molecule has 0 atom stereocenters. The standard InChI is InChI=1S/C14H26OS/c15-14(16)12-8-3-1-2-5-9-13-10-6-4-7-11-13/h13H,1-12H2,(H,15,16). The molecule has 0 N–H and O–H groups in total. The normalized spacial score (nSPS) is 17.6. The van der Waals surface area contributed by atoms with Crippen molar-refractivity contribution in [1.82, 2.24) is 0 Å². The molecule has 1 nitrogen and oxygen atoms in total. The van der Waals surface area contributed by atoms with Gasteiger partial charge >= 0.3 is 0 Å². The van der Waals surface area contributed by atoms with E-state index in [0.717, 1.165) is 12.3 Å². The van der Waals surface area contributed by atoms with Gasteiger partial charge in [-0.05, 0) is 12.3 Å². The molecule has 0 aromatic heterocycles. The fraction of sp³-hybridized carbons (Fsp3) is 0.929.